The van der Waals surface area contributed by atoms with Gasteiger partial charge in [-0.1, -0.05) is 17.7 Å². The summed E-state index contributed by atoms with van der Waals surface area (Å²) in [7, 11) is -3.96. The van der Waals surface area contributed by atoms with Gasteiger partial charge in [-0.05, 0) is 74.6 Å². The molecule has 172 valence electrons. The summed E-state index contributed by atoms with van der Waals surface area (Å²) >= 11 is 6.08. The molecule has 1 unspecified atom stereocenters. The van der Waals surface area contributed by atoms with Crippen LogP contribution in [0, 0.1) is 20.8 Å². The van der Waals surface area contributed by atoms with Gasteiger partial charge in [0.15, 0.2) is 6.61 Å². The number of ether oxygens (including phenoxy) is 2. The smallest absolute Gasteiger partial charge is 0.338 e. The molecule has 32 heavy (non-hydrogen) atoms. The molecular formula is C23H26ClNO6S. The number of benzene rings is 2. The molecule has 1 heterocycles. The molecule has 0 aromatic heterocycles. The van der Waals surface area contributed by atoms with E-state index in [1.165, 1.54) is 12.1 Å². The predicted molar refractivity (Wildman–Crippen MR) is 121 cm³/mol. The Kier molecular flexibility index (Phi) is 7.71. The molecule has 1 saturated heterocycles. The van der Waals surface area contributed by atoms with Gasteiger partial charge in [-0.15, -0.1) is 0 Å². The maximum Gasteiger partial charge on any atom is 0.338 e. The molecule has 2 aromatic rings. The monoisotopic (exact) mass is 479 g/mol. The van der Waals surface area contributed by atoms with Gasteiger partial charge in [0.2, 0.25) is 15.8 Å². The molecular weight excluding hydrogens is 454 g/mol. The standard InChI is InChI=1S/C23H26ClNO6S/c1-14-9-16(3)19(10-15(14)2)21(26)13-31-23(27)17-6-7-20(24)22(11-17)32(28,29)25-12-18-5-4-8-30-18/h6-7,9-11,18,25H,4-5,8,12-13H2,1-3H3. The summed E-state index contributed by atoms with van der Waals surface area (Å²) in [5, 5.41) is -0.0248. The largest absolute Gasteiger partial charge is 0.454 e. The second-order valence-electron chi connectivity index (χ2n) is 7.88. The van der Waals surface area contributed by atoms with Crippen LogP contribution in [-0.2, 0) is 19.5 Å². The average Bonchev–Trinajstić information content (AvgIpc) is 3.27. The van der Waals surface area contributed by atoms with Gasteiger partial charge in [-0.2, -0.15) is 0 Å². The van der Waals surface area contributed by atoms with E-state index in [9.17, 15) is 18.0 Å². The zero-order valence-corrected chi connectivity index (χ0v) is 19.8. The summed E-state index contributed by atoms with van der Waals surface area (Å²) in [5.74, 6) is -1.15. The van der Waals surface area contributed by atoms with Crippen molar-refractivity contribution in [2.24, 2.45) is 0 Å². The first-order chi connectivity index (χ1) is 15.1. The second-order valence-corrected chi connectivity index (χ2v) is 10.0. The highest BCUT2D eigenvalue weighted by Crippen LogP contribution is 2.24. The maximum atomic E-state index is 12.7. The number of rotatable bonds is 8. The van der Waals surface area contributed by atoms with E-state index in [0.717, 1.165) is 35.6 Å². The molecule has 1 atom stereocenters. The topological polar surface area (TPSA) is 98.8 Å². The van der Waals surface area contributed by atoms with Crippen molar-refractivity contribution < 1.29 is 27.5 Å². The van der Waals surface area contributed by atoms with Gasteiger partial charge in [-0.3, -0.25) is 4.79 Å². The molecule has 0 amide bonds. The van der Waals surface area contributed by atoms with Crippen molar-refractivity contribution in [1.82, 2.24) is 4.72 Å². The fourth-order valence-electron chi connectivity index (χ4n) is 3.48. The molecule has 7 nitrogen and oxygen atoms in total. The van der Waals surface area contributed by atoms with Gasteiger partial charge < -0.3 is 9.47 Å². The molecule has 1 aliphatic heterocycles. The summed E-state index contributed by atoms with van der Waals surface area (Å²) < 4.78 is 38.4. The Bertz CT molecular complexity index is 1140. The molecule has 0 aliphatic carbocycles. The second kappa shape index (κ2) is 10.1. The Hall–Kier alpha value is -2.26. The first kappa shape index (κ1) is 24.4. The Balaban J connectivity index is 1.69. The zero-order chi connectivity index (χ0) is 23.5. The predicted octanol–water partition coefficient (Wildman–Crippen LogP) is 3.76. The van der Waals surface area contributed by atoms with Crippen LogP contribution in [0.15, 0.2) is 35.2 Å². The third kappa shape index (κ3) is 5.75. The summed E-state index contributed by atoms with van der Waals surface area (Å²) in [5.41, 5.74) is 3.30. The molecule has 2 aromatic carbocycles. The highest BCUT2D eigenvalue weighted by molar-refractivity contribution is 7.89. The molecule has 0 radical (unpaired) electrons. The number of halogens is 1. The van der Waals surface area contributed by atoms with E-state index < -0.39 is 22.6 Å². The summed E-state index contributed by atoms with van der Waals surface area (Å²) in [6.45, 7) is 5.95. The molecule has 3 rings (SSSR count). The fraction of sp³-hybridized carbons (Fsp3) is 0.391. The molecule has 9 heteroatoms. The van der Waals surface area contributed by atoms with E-state index in [-0.39, 0.29) is 33.9 Å². The van der Waals surface area contributed by atoms with Crippen molar-refractivity contribution in [3.63, 3.8) is 0 Å². The van der Waals surface area contributed by atoms with Crippen molar-refractivity contribution in [2.45, 2.75) is 44.6 Å². The van der Waals surface area contributed by atoms with E-state index in [0.29, 0.717) is 12.2 Å². The van der Waals surface area contributed by atoms with Crippen molar-refractivity contribution in [1.29, 1.82) is 0 Å². The number of hydrogen-bond acceptors (Lipinski definition) is 6. The highest BCUT2D eigenvalue weighted by Gasteiger charge is 2.24. The summed E-state index contributed by atoms with van der Waals surface area (Å²) in [6, 6.07) is 7.50. The molecule has 1 N–H and O–H groups in total. The van der Waals surface area contributed by atoms with Gasteiger partial charge in [0.05, 0.1) is 16.7 Å². The lowest BCUT2D eigenvalue weighted by atomic mass is 9.98. The number of sulfonamides is 1. The van der Waals surface area contributed by atoms with Crippen molar-refractivity contribution in [3.8, 4) is 0 Å². The average molecular weight is 480 g/mol. The molecule has 0 saturated carbocycles. The van der Waals surface area contributed by atoms with Gasteiger partial charge in [0, 0.05) is 18.7 Å². The van der Waals surface area contributed by atoms with Gasteiger partial charge in [-0.25, -0.2) is 17.9 Å². The van der Waals surface area contributed by atoms with Crippen LogP contribution in [0.4, 0.5) is 0 Å². The van der Waals surface area contributed by atoms with E-state index >= 15 is 0 Å². The number of esters is 1. The van der Waals surface area contributed by atoms with Crippen LogP contribution in [0.25, 0.3) is 0 Å². The van der Waals surface area contributed by atoms with Crippen LogP contribution >= 0.6 is 11.6 Å². The number of carbonyl (C=O) groups is 2. The van der Waals surface area contributed by atoms with Crippen LogP contribution in [0.1, 0.15) is 50.2 Å². The maximum absolute atomic E-state index is 12.7. The van der Waals surface area contributed by atoms with Crippen LogP contribution in [0.3, 0.4) is 0 Å². The van der Waals surface area contributed by atoms with Crippen molar-refractivity contribution in [2.75, 3.05) is 19.8 Å². The number of aryl methyl sites for hydroxylation is 3. The fourth-order valence-corrected chi connectivity index (χ4v) is 5.07. The molecule has 0 spiro atoms. The lowest BCUT2D eigenvalue weighted by molar-refractivity contribution is 0.0474. The lowest BCUT2D eigenvalue weighted by Gasteiger charge is -2.13. The van der Waals surface area contributed by atoms with Crippen molar-refractivity contribution >= 4 is 33.4 Å². The van der Waals surface area contributed by atoms with Gasteiger partial charge >= 0.3 is 5.97 Å². The Morgan fingerprint density at radius 1 is 1.12 bits per heavy atom. The van der Waals surface area contributed by atoms with Crippen LogP contribution in [0.5, 0.6) is 0 Å². The molecule has 0 bridgehead atoms. The highest BCUT2D eigenvalue weighted by atomic mass is 35.5. The van der Waals surface area contributed by atoms with Crippen LogP contribution in [-0.4, -0.2) is 46.0 Å². The zero-order valence-electron chi connectivity index (χ0n) is 18.2. The number of Topliss-reactive ketones (excluding diaryl/α,β-unsaturated/α-hetero) is 1. The Labute approximate surface area is 193 Å². The quantitative estimate of drug-likeness (QED) is 0.457. The lowest BCUT2D eigenvalue weighted by Crippen LogP contribution is -2.32. The first-order valence-corrected chi connectivity index (χ1v) is 12.1. The third-order valence-electron chi connectivity index (χ3n) is 5.46. The van der Waals surface area contributed by atoms with Crippen LogP contribution < -0.4 is 4.72 Å². The third-order valence-corrected chi connectivity index (χ3v) is 7.36. The molecule has 1 aliphatic rings. The molecule has 1 fully saturated rings. The normalized spacial score (nSPS) is 16.2. The SMILES string of the molecule is Cc1cc(C)c(C(=O)COC(=O)c2ccc(Cl)c(S(=O)(=O)NCC3CCCO3)c2)cc1C. The minimum atomic E-state index is -3.96. The number of hydrogen-bond donors (Lipinski definition) is 1. The van der Waals surface area contributed by atoms with Crippen LogP contribution in [0.2, 0.25) is 5.02 Å². The summed E-state index contributed by atoms with van der Waals surface area (Å²) in [4.78, 5) is 24.8. The number of nitrogens with one attached hydrogen (secondary N) is 1. The summed E-state index contributed by atoms with van der Waals surface area (Å²) in [6.07, 6.45) is 1.47. The first-order valence-electron chi connectivity index (χ1n) is 10.3. The van der Waals surface area contributed by atoms with E-state index in [2.05, 4.69) is 4.72 Å². The van der Waals surface area contributed by atoms with E-state index in [1.807, 2.05) is 26.8 Å². The minimum absolute atomic E-state index is 0.0171. The Morgan fingerprint density at radius 2 is 1.84 bits per heavy atom. The van der Waals surface area contributed by atoms with Crippen molar-refractivity contribution in [3.05, 3.63) is 63.2 Å². The van der Waals surface area contributed by atoms with E-state index in [4.69, 9.17) is 21.1 Å². The minimum Gasteiger partial charge on any atom is -0.454 e. The van der Waals surface area contributed by atoms with E-state index in [1.54, 1.807) is 6.07 Å². The number of ketones is 1. The Morgan fingerprint density at radius 3 is 2.53 bits per heavy atom. The van der Waals surface area contributed by atoms with Gasteiger partial charge in [0.25, 0.3) is 0 Å². The number of carbonyl (C=O) groups excluding carboxylic acids is 2. The van der Waals surface area contributed by atoms with Gasteiger partial charge in [0.1, 0.15) is 4.90 Å².